The molecule has 1 saturated carbocycles. The predicted molar refractivity (Wildman–Crippen MR) is 57.2 cm³/mol. The first kappa shape index (κ1) is 10.6. The van der Waals surface area contributed by atoms with Gasteiger partial charge in [0.2, 0.25) is 0 Å². The molecule has 2 heteroatoms. The molecule has 1 aliphatic carbocycles. The molecule has 1 aromatic carbocycles. The fourth-order valence-corrected chi connectivity index (χ4v) is 2.72. The number of benzene rings is 1. The molecule has 82 valence electrons. The standard InChI is InChI=1S/C13H16F2/c1-12(14,15)13(9-5-6-10-13)11-7-3-2-4-8-11/h2-4,7-8H,5-6,9-10H2,1H3. The first-order valence-electron chi connectivity index (χ1n) is 5.50. The zero-order chi connectivity index (χ0) is 10.9. The van der Waals surface area contributed by atoms with E-state index in [0.29, 0.717) is 12.8 Å². The number of hydrogen-bond donors (Lipinski definition) is 0. The van der Waals surface area contributed by atoms with Crippen molar-refractivity contribution in [3.05, 3.63) is 35.9 Å². The lowest BCUT2D eigenvalue weighted by Gasteiger charge is -2.35. The van der Waals surface area contributed by atoms with Gasteiger partial charge in [-0.25, -0.2) is 8.78 Å². The fourth-order valence-electron chi connectivity index (χ4n) is 2.72. The van der Waals surface area contributed by atoms with E-state index >= 15 is 0 Å². The quantitative estimate of drug-likeness (QED) is 0.687. The molecule has 0 unspecified atom stereocenters. The molecule has 0 aliphatic heterocycles. The average molecular weight is 210 g/mol. The molecule has 0 spiro atoms. The van der Waals surface area contributed by atoms with Gasteiger partial charge in [-0.1, -0.05) is 43.2 Å². The fraction of sp³-hybridized carbons (Fsp3) is 0.538. The van der Waals surface area contributed by atoms with Gasteiger partial charge in [0.25, 0.3) is 5.92 Å². The summed E-state index contributed by atoms with van der Waals surface area (Å²) < 4.78 is 27.5. The Bertz CT molecular complexity index is 318. The van der Waals surface area contributed by atoms with Crippen LogP contribution in [-0.2, 0) is 5.41 Å². The molecule has 1 aromatic rings. The molecule has 0 nitrogen and oxygen atoms in total. The van der Waals surface area contributed by atoms with Crippen molar-refractivity contribution < 1.29 is 8.78 Å². The van der Waals surface area contributed by atoms with Crippen LogP contribution in [0.1, 0.15) is 38.2 Å². The van der Waals surface area contributed by atoms with Crippen molar-refractivity contribution in [1.29, 1.82) is 0 Å². The third-order valence-corrected chi connectivity index (χ3v) is 3.62. The molecule has 0 heterocycles. The maximum atomic E-state index is 13.8. The summed E-state index contributed by atoms with van der Waals surface area (Å²) in [6, 6.07) is 9.24. The summed E-state index contributed by atoms with van der Waals surface area (Å²) in [4.78, 5) is 0. The molecule has 0 amide bonds. The molecule has 0 bridgehead atoms. The van der Waals surface area contributed by atoms with Crippen LogP contribution < -0.4 is 0 Å². The molecule has 15 heavy (non-hydrogen) atoms. The second kappa shape index (κ2) is 3.58. The summed E-state index contributed by atoms with van der Waals surface area (Å²) in [5.41, 5.74) is -0.108. The highest BCUT2D eigenvalue weighted by molar-refractivity contribution is 5.29. The van der Waals surface area contributed by atoms with E-state index in [2.05, 4.69) is 0 Å². The predicted octanol–water partition coefficient (Wildman–Crippen LogP) is 4.15. The number of alkyl halides is 2. The molecule has 0 saturated heterocycles. The maximum Gasteiger partial charge on any atom is 0.254 e. The van der Waals surface area contributed by atoms with E-state index in [4.69, 9.17) is 0 Å². The highest BCUT2D eigenvalue weighted by Gasteiger charge is 2.52. The zero-order valence-electron chi connectivity index (χ0n) is 8.97. The van der Waals surface area contributed by atoms with E-state index in [9.17, 15) is 8.78 Å². The van der Waals surface area contributed by atoms with E-state index in [1.807, 2.05) is 30.3 Å². The molecule has 0 N–H and O–H groups in total. The minimum Gasteiger partial charge on any atom is -0.206 e. The van der Waals surface area contributed by atoms with Crippen LogP contribution in [0.2, 0.25) is 0 Å². The Morgan fingerprint density at radius 1 is 1.07 bits per heavy atom. The second-order valence-corrected chi connectivity index (χ2v) is 4.54. The Kier molecular flexibility index (Phi) is 2.53. The van der Waals surface area contributed by atoms with Crippen LogP contribution in [0.5, 0.6) is 0 Å². The second-order valence-electron chi connectivity index (χ2n) is 4.54. The maximum absolute atomic E-state index is 13.8. The van der Waals surface area contributed by atoms with Crippen LogP contribution in [0.15, 0.2) is 30.3 Å². The summed E-state index contributed by atoms with van der Waals surface area (Å²) in [5.74, 6) is -2.62. The Hall–Kier alpha value is -0.920. The van der Waals surface area contributed by atoms with Crippen molar-refractivity contribution >= 4 is 0 Å². The topological polar surface area (TPSA) is 0 Å². The van der Waals surface area contributed by atoms with Crippen LogP contribution in [0, 0.1) is 0 Å². The van der Waals surface area contributed by atoms with E-state index < -0.39 is 11.3 Å². The van der Waals surface area contributed by atoms with Gasteiger partial charge in [-0.3, -0.25) is 0 Å². The van der Waals surface area contributed by atoms with Crippen molar-refractivity contribution in [2.45, 2.75) is 43.9 Å². The van der Waals surface area contributed by atoms with Crippen LogP contribution in [-0.4, -0.2) is 5.92 Å². The first-order chi connectivity index (χ1) is 7.06. The van der Waals surface area contributed by atoms with Gasteiger partial charge in [-0.05, 0) is 18.4 Å². The SMILES string of the molecule is CC(F)(F)C1(c2ccccc2)CCCC1. The molecule has 2 rings (SSSR count). The van der Waals surface area contributed by atoms with Gasteiger partial charge in [-0.15, -0.1) is 0 Å². The van der Waals surface area contributed by atoms with Crippen molar-refractivity contribution in [1.82, 2.24) is 0 Å². The minimum absolute atomic E-state index is 0.612. The van der Waals surface area contributed by atoms with E-state index in [-0.39, 0.29) is 0 Å². The van der Waals surface area contributed by atoms with Gasteiger partial charge < -0.3 is 0 Å². The van der Waals surface area contributed by atoms with Crippen molar-refractivity contribution in [2.24, 2.45) is 0 Å². The molecular formula is C13H16F2. The van der Waals surface area contributed by atoms with Gasteiger partial charge in [0.15, 0.2) is 0 Å². The Morgan fingerprint density at radius 2 is 1.60 bits per heavy atom. The van der Waals surface area contributed by atoms with Crippen LogP contribution >= 0.6 is 0 Å². The largest absolute Gasteiger partial charge is 0.254 e. The normalized spacial score (nSPS) is 20.5. The summed E-state index contributed by atoms with van der Waals surface area (Å²) in [6.45, 7) is 1.06. The molecule has 1 aliphatic rings. The van der Waals surface area contributed by atoms with Crippen molar-refractivity contribution in [3.8, 4) is 0 Å². The van der Waals surface area contributed by atoms with Gasteiger partial charge in [0.05, 0.1) is 5.41 Å². The average Bonchev–Trinajstić information content (AvgIpc) is 2.68. The summed E-state index contributed by atoms with van der Waals surface area (Å²) in [6.07, 6.45) is 3.05. The lowest BCUT2D eigenvalue weighted by atomic mass is 9.74. The molecule has 0 atom stereocenters. The summed E-state index contributed by atoms with van der Waals surface area (Å²) >= 11 is 0. The van der Waals surface area contributed by atoms with Gasteiger partial charge in [0.1, 0.15) is 0 Å². The lowest BCUT2D eigenvalue weighted by Crippen LogP contribution is -2.40. The Morgan fingerprint density at radius 3 is 2.07 bits per heavy atom. The number of hydrogen-bond acceptors (Lipinski definition) is 0. The smallest absolute Gasteiger partial charge is 0.206 e. The molecular weight excluding hydrogens is 194 g/mol. The number of halogens is 2. The van der Waals surface area contributed by atoms with Crippen LogP contribution in [0.25, 0.3) is 0 Å². The van der Waals surface area contributed by atoms with Crippen molar-refractivity contribution in [2.75, 3.05) is 0 Å². The Balaban J connectivity index is 2.44. The first-order valence-corrected chi connectivity index (χ1v) is 5.50. The minimum atomic E-state index is -2.62. The van der Waals surface area contributed by atoms with E-state index in [1.165, 1.54) is 0 Å². The van der Waals surface area contributed by atoms with E-state index in [0.717, 1.165) is 25.3 Å². The third kappa shape index (κ3) is 1.66. The molecule has 1 fully saturated rings. The number of rotatable bonds is 2. The molecule has 0 radical (unpaired) electrons. The van der Waals surface area contributed by atoms with Crippen LogP contribution in [0.3, 0.4) is 0 Å². The van der Waals surface area contributed by atoms with E-state index in [1.54, 1.807) is 0 Å². The lowest BCUT2D eigenvalue weighted by molar-refractivity contribution is -0.0599. The zero-order valence-corrected chi connectivity index (χ0v) is 8.97. The monoisotopic (exact) mass is 210 g/mol. The summed E-state index contributed by atoms with van der Waals surface area (Å²) in [7, 11) is 0. The third-order valence-electron chi connectivity index (χ3n) is 3.62. The highest BCUT2D eigenvalue weighted by atomic mass is 19.3. The van der Waals surface area contributed by atoms with Gasteiger partial charge in [-0.2, -0.15) is 0 Å². The van der Waals surface area contributed by atoms with Gasteiger partial charge >= 0.3 is 0 Å². The van der Waals surface area contributed by atoms with Gasteiger partial charge in [0, 0.05) is 6.92 Å². The van der Waals surface area contributed by atoms with Crippen LogP contribution in [0.4, 0.5) is 8.78 Å². The van der Waals surface area contributed by atoms with Crippen molar-refractivity contribution in [3.63, 3.8) is 0 Å². The molecule has 0 aromatic heterocycles. The Labute approximate surface area is 89.3 Å². The summed E-state index contributed by atoms with van der Waals surface area (Å²) in [5, 5.41) is 0. The highest BCUT2D eigenvalue weighted by Crippen LogP contribution is 2.51.